The molecule has 0 aromatic rings. The number of carbonyl (C=O) groups is 1. The zero-order chi connectivity index (χ0) is 5.70. The minimum Gasteiger partial charge on any atom is -0.481 e. The Hall–Kier alpha value is -0.360. The second-order valence-electron chi connectivity index (χ2n) is 1.17. The lowest BCUT2D eigenvalue weighted by Crippen LogP contribution is -1.92. The molecule has 3 heteroatoms. The SMILES string of the molecule is O=C(O)CCC=[PH2+]. The molecule has 0 fully saturated rings. The van der Waals surface area contributed by atoms with Crippen molar-refractivity contribution in [3.63, 3.8) is 0 Å². The molecule has 0 aromatic carbocycles. The van der Waals surface area contributed by atoms with Gasteiger partial charge in [-0.3, -0.25) is 4.79 Å². The molecule has 1 unspecified atom stereocenters. The number of hydrogen-bond acceptors (Lipinski definition) is 1. The highest BCUT2D eigenvalue weighted by atomic mass is 31.0. The van der Waals surface area contributed by atoms with Crippen LogP contribution in [-0.2, 0) is 4.79 Å². The Morgan fingerprint density at radius 1 is 1.86 bits per heavy atom. The number of carboxylic acids is 1. The summed E-state index contributed by atoms with van der Waals surface area (Å²) in [5, 5.41) is 8.02. The van der Waals surface area contributed by atoms with E-state index in [4.69, 9.17) is 5.11 Å². The topological polar surface area (TPSA) is 37.3 Å². The van der Waals surface area contributed by atoms with Crippen molar-refractivity contribution in [1.29, 1.82) is 0 Å². The van der Waals surface area contributed by atoms with Crippen molar-refractivity contribution in [2.45, 2.75) is 12.8 Å². The van der Waals surface area contributed by atoms with E-state index in [-0.39, 0.29) is 6.42 Å². The number of hydrogen-bond donors (Lipinski definition) is 1. The summed E-state index contributed by atoms with van der Waals surface area (Å²) in [6, 6.07) is 0. The lowest BCUT2D eigenvalue weighted by Gasteiger charge is -1.79. The Kier molecular flexibility index (Phi) is 3.62. The van der Waals surface area contributed by atoms with E-state index in [0.29, 0.717) is 6.42 Å². The molecule has 0 aliphatic heterocycles. The molecular weight excluding hydrogens is 111 g/mol. The normalized spacial score (nSPS) is 8.00. The molecule has 0 spiro atoms. The minimum atomic E-state index is -0.737. The van der Waals surface area contributed by atoms with Gasteiger partial charge in [0, 0.05) is 6.42 Å². The third-order valence-electron chi connectivity index (χ3n) is 0.525. The van der Waals surface area contributed by atoms with E-state index in [9.17, 15) is 4.79 Å². The van der Waals surface area contributed by atoms with Crippen LogP contribution in [0.5, 0.6) is 0 Å². The number of aliphatic carboxylic acids is 1. The third-order valence-corrected chi connectivity index (χ3v) is 0.858. The Morgan fingerprint density at radius 2 is 2.43 bits per heavy atom. The van der Waals surface area contributed by atoms with Crippen LogP contribution in [0, 0.1) is 0 Å². The van der Waals surface area contributed by atoms with Crippen LogP contribution >= 0.6 is 8.86 Å². The summed E-state index contributed by atoms with van der Waals surface area (Å²) in [6.07, 6.45) is 0.878. The van der Waals surface area contributed by atoms with Gasteiger partial charge in [-0.15, -0.1) is 0 Å². The quantitative estimate of drug-likeness (QED) is 0.550. The standard InChI is InChI=1S/C4H7O2P/c5-4(6)2-1-3-7/h3,7H,1-2H2,(H,5,6)/p+1. The van der Waals surface area contributed by atoms with Crippen LogP contribution < -0.4 is 0 Å². The van der Waals surface area contributed by atoms with Crippen LogP contribution in [0.2, 0.25) is 0 Å². The second kappa shape index (κ2) is 3.82. The van der Waals surface area contributed by atoms with Crippen LogP contribution in [0.15, 0.2) is 0 Å². The average molecular weight is 119 g/mol. The molecule has 0 radical (unpaired) electrons. The Morgan fingerprint density at radius 3 is 2.57 bits per heavy atom. The van der Waals surface area contributed by atoms with Crippen molar-refractivity contribution in [1.82, 2.24) is 0 Å². The van der Waals surface area contributed by atoms with Gasteiger partial charge in [-0.1, -0.05) is 0 Å². The maximum atomic E-state index is 9.73. The van der Waals surface area contributed by atoms with Gasteiger partial charge in [-0.05, 0) is 0 Å². The molecule has 0 aliphatic carbocycles. The van der Waals surface area contributed by atoms with E-state index >= 15 is 0 Å². The van der Waals surface area contributed by atoms with Gasteiger partial charge in [0.1, 0.15) is 0 Å². The molecule has 0 rings (SSSR count). The fourth-order valence-electron chi connectivity index (χ4n) is 0.207. The molecular formula is C4H8O2P+. The first-order valence-corrected chi connectivity index (χ1v) is 2.69. The summed E-state index contributed by atoms with van der Waals surface area (Å²) in [5.41, 5.74) is 0. The maximum absolute atomic E-state index is 9.73. The van der Waals surface area contributed by atoms with Gasteiger partial charge in [-0.2, -0.15) is 0 Å². The molecule has 1 N–H and O–H groups in total. The fourth-order valence-corrected chi connectivity index (χ4v) is 0.373. The van der Waals surface area contributed by atoms with Crippen LogP contribution in [0.3, 0.4) is 0 Å². The highest BCUT2D eigenvalue weighted by Gasteiger charge is 1.91. The van der Waals surface area contributed by atoms with Crippen LogP contribution in [-0.4, -0.2) is 16.9 Å². The molecule has 1 atom stereocenters. The van der Waals surface area contributed by atoms with Crippen molar-refractivity contribution >= 4 is 20.6 Å². The highest BCUT2D eigenvalue weighted by molar-refractivity contribution is 7.18. The van der Waals surface area contributed by atoms with Crippen molar-refractivity contribution in [2.75, 3.05) is 0 Å². The van der Waals surface area contributed by atoms with Gasteiger partial charge in [0.15, 0.2) is 0 Å². The second-order valence-corrected chi connectivity index (χ2v) is 1.64. The molecule has 40 valence electrons. The lowest BCUT2D eigenvalue weighted by molar-refractivity contribution is -0.136. The summed E-state index contributed by atoms with van der Waals surface area (Å²) in [4.78, 5) is 9.73. The van der Waals surface area contributed by atoms with E-state index in [1.807, 2.05) is 0 Å². The number of carboxylic acid groups (broad SMARTS) is 1. The van der Waals surface area contributed by atoms with Gasteiger partial charge in [0.2, 0.25) is 0 Å². The Bertz CT molecular complexity index is 79.8. The van der Waals surface area contributed by atoms with E-state index in [1.165, 1.54) is 0 Å². The molecule has 7 heavy (non-hydrogen) atoms. The zero-order valence-corrected chi connectivity index (χ0v) is 5.08. The van der Waals surface area contributed by atoms with Crippen LogP contribution in [0.1, 0.15) is 12.8 Å². The lowest BCUT2D eigenvalue weighted by atomic mass is 10.3. The van der Waals surface area contributed by atoms with Gasteiger partial charge in [0.05, 0.1) is 21.1 Å². The molecule has 0 saturated carbocycles. The van der Waals surface area contributed by atoms with Crippen molar-refractivity contribution in [3.05, 3.63) is 0 Å². The predicted octanol–water partition coefficient (Wildman–Crippen LogP) is 0.528. The van der Waals surface area contributed by atoms with Crippen LogP contribution in [0.25, 0.3) is 0 Å². The Balaban J connectivity index is 2.97. The monoisotopic (exact) mass is 119 g/mol. The van der Waals surface area contributed by atoms with Gasteiger partial charge >= 0.3 is 5.97 Å². The first-order chi connectivity index (χ1) is 3.27. The van der Waals surface area contributed by atoms with Crippen molar-refractivity contribution < 1.29 is 9.90 Å². The first kappa shape index (κ1) is 6.64. The summed E-state index contributed by atoms with van der Waals surface area (Å²) in [5.74, 6) is 1.02. The predicted molar refractivity (Wildman–Crippen MR) is 32.6 cm³/mol. The summed E-state index contributed by atoms with van der Waals surface area (Å²) in [7, 11) is 2.36. The third kappa shape index (κ3) is 5.64. The van der Waals surface area contributed by atoms with E-state index < -0.39 is 5.97 Å². The molecule has 0 aromatic heterocycles. The molecule has 0 heterocycles. The van der Waals surface area contributed by atoms with E-state index in [0.717, 1.165) is 0 Å². The minimum absolute atomic E-state index is 0.240. The summed E-state index contributed by atoms with van der Waals surface area (Å²) >= 11 is 0. The molecule has 0 saturated heterocycles. The molecule has 0 aliphatic rings. The summed E-state index contributed by atoms with van der Waals surface area (Å²) in [6.45, 7) is 0. The first-order valence-electron chi connectivity index (χ1n) is 2.02. The van der Waals surface area contributed by atoms with Crippen LogP contribution in [0.4, 0.5) is 0 Å². The van der Waals surface area contributed by atoms with Crippen molar-refractivity contribution in [2.24, 2.45) is 0 Å². The maximum Gasteiger partial charge on any atom is 0.303 e. The van der Waals surface area contributed by atoms with Crippen molar-refractivity contribution in [3.8, 4) is 0 Å². The summed E-state index contributed by atoms with van der Waals surface area (Å²) < 4.78 is 0. The van der Waals surface area contributed by atoms with E-state index in [1.54, 1.807) is 5.80 Å². The van der Waals surface area contributed by atoms with Gasteiger partial charge in [0.25, 0.3) is 0 Å². The average Bonchev–Trinajstić information content (AvgIpc) is 1.61. The molecule has 2 nitrogen and oxygen atoms in total. The smallest absolute Gasteiger partial charge is 0.303 e. The largest absolute Gasteiger partial charge is 0.481 e. The van der Waals surface area contributed by atoms with Gasteiger partial charge in [-0.25, -0.2) is 0 Å². The fraction of sp³-hybridized carbons (Fsp3) is 0.500. The molecule has 0 bridgehead atoms. The van der Waals surface area contributed by atoms with Gasteiger partial charge < -0.3 is 5.11 Å². The number of rotatable bonds is 3. The van der Waals surface area contributed by atoms with E-state index in [2.05, 4.69) is 8.86 Å². The molecule has 0 amide bonds. The zero-order valence-electron chi connectivity index (χ0n) is 3.92. The Labute approximate surface area is 44.4 Å². The highest BCUT2D eigenvalue weighted by Crippen LogP contribution is 1.83.